The maximum absolute atomic E-state index is 12.1. The molecule has 21 heavy (non-hydrogen) atoms. The number of aryl methyl sites for hydroxylation is 2. The first-order chi connectivity index (χ1) is 9.87. The molecule has 2 aromatic rings. The Morgan fingerprint density at radius 2 is 2.00 bits per heavy atom. The predicted octanol–water partition coefficient (Wildman–Crippen LogP) is 1.80. The Bertz CT molecular complexity index is 734. The number of anilines is 1. The van der Waals surface area contributed by atoms with Gasteiger partial charge in [-0.05, 0) is 31.0 Å². The van der Waals surface area contributed by atoms with Gasteiger partial charge in [0, 0.05) is 12.5 Å². The number of carbonyl (C=O) groups is 1. The summed E-state index contributed by atoms with van der Waals surface area (Å²) in [5.74, 6) is -0.850. The number of carboxylic acids is 1. The molecule has 0 saturated heterocycles. The van der Waals surface area contributed by atoms with E-state index in [1.165, 1.54) is 18.2 Å². The summed E-state index contributed by atoms with van der Waals surface area (Å²) in [5, 5.41) is 12.2. The van der Waals surface area contributed by atoms with E-state index in [1.54, 1.807) is 19.1 Å². The highest BCUT2D eigenvalue weighted by molar-refractivity contribution is 7.92. The Balaban J connectivity index is 2.11. The van der Waals surface area contributed by atoms with Crippen molar-refractivity contribution in [1.29, 1.82) is 0 Å². The molecule has 1 aromatic heterocycles. The van der Waals surface area contributed by atoms with Gasteiger partial charge in [-0.3, -0.25) is 4.79 Å². The predicted molar refractivity (Wildman–Crippen MR) is 74.4 cm³/mol. The second-order valence-corrected chi connectivity index (χ2v) is 6.16. The fourth-order valence-electron chi connectivity index (χ4n) is 1.69. The van der Waals surface area contributed by atoms with E-state index in [4.69, 9.17) is 9.63 Å². The lowest BCUT2D eigenvalue weighted by Crippen LogP contribution is -2.12. The van der Waals surface area contributed by atoms with Gasteiger partial charge in [-0.2, -0.15) is 0 Å². The van der Waals surface area contributed by atoms with Gasteiger partial charge in [0.2, 0.25) is 5.88 Å². The Morgan fingerprint density at radius 3 is 2.52 bits per heavy atom. The maximum atomic E-state index is 12.1. The number of rotatable bonds is 6. The van der Waals surface area contributed by atoms with Crippen LogP contribution in [0.15, 0.2) is 39.8 Å². The van der Waals surface area contributed by atoms with Crippen LogP contribution in [-0.2, 0) is 21.2 Å². The van der Waals surface area contributed by atoms with Gasteiger partial charge in [0.15, 0.2) is 0 Å². The Morgan fingerprint density at radius 1 is 1.33 bits per heavy atom. The van der Waals surface area contributed by atoms with Crippen LogP contribution in [0.5, 0.6) is 0 Å². The number of sulfonamides is 1. The van der Waals surface area contributed by atoms with E-state index < -0.39 is 16.0 Å². The molecule has 0 saturated carbocycles. The van der Waals surface area contributed by atoms with Crippen LogP contribution >= 0.6 is 0 Å². The number of hydrogen-bond donors (Lipinski definition) is 2. The summed E-state index contributed by atoms with van der Waals surface area (Å²) in [7, 11) is -3.75. The molecule has 1 heterocycles. The molecule has 8 heteroatoms. The second kappa shape index (κ2) is 5.96. The third-order valence-corrected chi connectivity index (χ3v) is 4.09. The number of aliphatic carboxylic acids is 1. The van der Waals surface area contributed by atoms with E-state index >= 15 is 0 Å². The van der Waals surface area contributed by atoms with E-state index in [0.29, 0.717) is 12.1 Å². The molecule has 0 spiro atoms. The number of aromatic nitrogens is 1. The van der Waals surface area contributed by atoms with Gasteiger partial charge in [-0.1, -0.05) is 17.3 Å². The highest BCUT2D eigenvalue weighted by Gasteiger charge is 2.16. The highest BCUT2D eigenvalue weighted by atomic mass is 32.2. The van der Waals surface area contributed by atoms with Gasteiger partial charge in [-0.15, -0.1) is 0 Å². The lowest BCUT2D eigenvalue weighted by Gasteiger charge is -2.05. The molecule has 2 N–H and O–H groups in total. The van der Waals surface area contributed by atoms with Crippen molar-refractivity contribution < 1.29 is 22.8 Å². The third kappa shape index (κ3) is 4.06. The second-order valence-electron chi connectivity index (χ2n) is 4.48. The van der Waals surface area contributed by atoms with Crippen molar-refractivity contribution in [2.45, 2.75) is 24.7 Å². The SMILES string of the molecule is Cc1cc(NS(=O)(=O)c2ccc(CCC(=O)O)cc2)on1. The summed E-state index contributed by atoms with van der Waals surface area (Å²) >= 11 is 0. The normalized spacial score (nSPS) is 11.3. The molecule has 0 atom stereocenters. The number of nitrogens with one attached hydrogen (secondary N) is 1. The van der Waals surface area contributed by atoms with Gasteiger partial charge in [0.1, 0.15) is 0 Å². The zero-order chi connectivity index (χ0) is 15.5. The highest BCUT2D eigenvalue weighted by Crippen LogP contribution is 2.17. The Kier molecular flexibility index (Phi) is 4.27. The van der Waals surface area contributed by atoms with Crippen molar-refractivity contribution in [3.05, 3.63) is 41.6 Å². The molecular weight excluding hydrogens is 296 g/mol. The van der Waals surface area contributed by atoms with Gasteiger partial charge < -0.3 is 9.63 Å². The van der Waals surface area contributed by atoms with Crippen molar-refractivity contribution in [2.24, 2.45) is 0 Å². The third-order valence-electron chi connectivity index (χ3n) is 2.72. The average Bonchev–Trinajstić information content (AvgIpc) is 2.81. The van der Waals surface area contributed by atoms with Crippen LogP contribution in [0.1, 0.15) is 17.7 Å². The summed E-state index contributed by atoms with van der Waals surface area (Å²) < 4.78 is 31.3. The van der Waals surface area contributed by atoms with Gasteiger partial charge in [-0.25, -0.2) is 13.1 Å². The van der Waals surface area contributed by atoms with E-state index in [-0.39, 0.29) is 17.2 Å². The molecule has 0 amide bonds. The number of benzene rings is 1. The van der Waals surface area contributed by atoms with Crippen LogP contribution in [0, 0.1) is 6.92 Å². The van der Waals surface area contributed by atoms with Crippen LogP contribution in [0.2, 0.25) is 0 Å². The van der Waals surface area contributed by atoms with Crippen molar-refractivity contribution in [1.82, 2.24) is 5.16 Å². The minimum Gasteiger partial charge on any atom is -0.481 e. The van der Waals surface area contributed by atoms with Gasteiger partial charge in [0.05, 0.1) is 10.6 Å². The van der Waals surface area contributed by atoms with E-state index in [9.17, 15) is 13.2 Å². The first kappa shape index (κ1) is 15.0. The number of carboxylic acid groups (broad SMARTS) is 1. The van der Waals surface area contributed by atoms with Gasteiger partial charge in [0.25, 0.3) is 10.0 Å². The standard InChI is InChI=1S/C13H14N2O5S/c1-9-8-12(20-14-9)15-21(18,19)11-5-2-10(3-6-11)4-7-13(16)17/h2-3,5-6,8,15H,4,7H2,1H3,(H,16,17). The molecule has 1 aromatic carbocycles. The lowest BCUT2D eigenvalue weighted by molar-refractivity contribution is -0.136. The van der Waals surface area contributed by atoms with Crippen LogP contribution in [-0.4, -0.2) is 24.7 Å². The van der Waals surface area contributed by atoms with Crippen molar-refractivity contribution in [2.75, 3.05) is 4.72 Å². The molecule has 0 unspecified atom stereocenters. The Labute approximate surface area is 121 Å². The number of hydrogen-bond acceptors (Lipinski definition) is 5. The lowest BCUT2D eigenvalue weighted by atomic mass is 10.1. The fourth-order valence-corrected chi connectivity index (χ4v) is 2.66. The molecule has 112 valence electrons. The summed E-state index contributed by atoms with van der Waals surface area (Å²) in [6, 6.07) is 7.48. The maximum Gasteiger partial charge on any atom is 0.303 e. The summed E-state index contributed by atoms with van der Waals surface area (Å²) in [6.45, 7) is 1.68. The first-order valence-electron chi connectivity index (χ1n) is 6.14. The van der Waals surface area contributed by atoms with E-state index in [1.807, 2.05) is 0 Å². The minimum absolute atomic E-state index is 0.00167. The molecular formula is C13H14N2O5S. The molecule has 0 aliphatic carbocycles. The summed E-state index contributed by atoms with van der Waals surface area (Å²) in [5.41, 5.74) is 1.32. The van der Waals surface area contributed by atoms with Crippen LogP contribution in [0.25, 0.3) is 0 Å². The molecule has 0 radical (unpaired) electrons. The van der Waals surface area contributed by atoms with Crippen LogP contribution in [0.4, 0.5) is 5.88 Å². The topological polar surface area (TPSA) is 110 Å². The summed E-state index contributed by atoms with van der Waals surface area (Å²) in [4.78, 5) is 10.5. The monoisotopic (exact) mass is 310 g/mol. The first-order valence-corrected chi connectivity index (χ1v) is 7.62. The van der Waals surface area contributed by atoms with Crippen LogP contribution < -0.4 is 4.72 Å². The Hall–Kier alpha value is -2.35. The number of nitrogens with zero attached hydrogens (tertiary/aromatic N) is 1. The van der Waals surface area contributed by atoms with Crippen LogP contribution in [0.3, 0.4) is 0 Å². The van der Waals surface area contributed by atoms with E-state index in [2.05, 4.69) is 9.88 Å². The zero-order valence-corrected chi connectivity index (χ0v) is 12.1. The quantitative estimate of drug-likeness (QED) is 0.842. The van der Waals surface area contributed by atoms with E-state index in [0.717, 1.165) is 5.56 Å². The largest absolute Gasteiger partial charge is 0.481 e. The van der Waals surface area contributed by atoms with Crippen molar-refractivity contribution >= 4 is 21.9 Å². The minimum atomic E-state index is -3.75. The van der Waals surface area contributed by atoms with Crippen molar-refractivity contribution in [3.63, 3.8) is 0 Å². The molecule has 0 fully saturated rings. The fraction of sp³-hybridized carbons (Fsp3) is 0.231. The molecule has 0 bridgehead atoms. The molecule has 0 aliphatic rings. The smallest absolute Gasteiger partial charge is 0.303 e. The average molecular weight is 310 g/mol. The van der Waals surface area contributed by atoms with Crippen molar-refractivity contribution in [3.8, 4) is 0 Å². The van der Waals surface area contributed by atoms with Gasteiger partial charge >= 0.3 is 5.97 Å². The molecule has 0 aliphatic heterocycles. The summed E-state index contributed by atoms with van der Waals surface area (Å²) in [6.07, 6.45) is 0.353. The molecule has 7 nitrogen and oxygen atoms in total. The zero-order valence-electron chi connectivity index (χ0n) is 11.2. The molecule has 2 rings (SSSR count).